The first-order valence-electron chi connectivity index (χ1n) is 8.32. The third-order valence-electron chi connectivity index (χ3n) is 5.35. The van der Waals surface area contributed by atoms with Crippen LogP contribution >= 0.6 is 0 Å². The van der Waals surface area contributed by atoms with E-state index in [1.165, 1.54) is 0 Å². The monoisotopic (exact) mass is 333 g/mol. The van der Waals surface area contributed by atoms with Gasteiger partial charge < -0.3 is 9.64 Å². The van der Waals surface area contributed by atoms with E-state index in [0.717, 1.165) is 11.3 Å². The second-order valence-electron chi connectivity index (χ2n) is 6.77. The number of allylic oxidation sites excluding steroid dienone is 3. The highest BCUT2D eigenvalue weighted by Crippen LogP contribution is 2.49. The topological polar surface area (TPSA) is 63.7 Å². The highest BCUT2D eigenvalue weighted by Gasteiger charge is 2.63. The molecule has 0 radical (unpaired) electrons. The first-order valence-corrected chi connectivity index (χ1v) is 8.32. The fourth-order valence-electron chi connectivity index (χ4n) is 4.21. The van der Waals surface area contributed by atoms with Crippen LogP contribution in [0.1, 0.15) is 40.5 Å². The lowest BCUT2D eigenvalue weighted by molar-refractivity contribution is -0.119. The number of benzene rings is 1. The minimum absolute atomic E-state index is 0.178. The van der Waals surface area contributed by atoms with E-state index in [-0.39, 0.29) is 11.4 Å². The van der Waals surface area contributed by atoms with Gasteiger partial charge in [0.1, 0.15) is 0 Å². The molecule has 4 aliphatic rings. The van der Waals surface area contributed by atoms with Gasteiger partial charge in [0.2, 0.25) is 17.2 Å². The fourth-order valence-corrected chi connectivity index (χ4v) is 4.21. The molecule has 0 amide bonds. The number of hydrogen-bond donors (Lipinski definition) is 0. The maximum Gasteiger partial charge on any atom is 0.226 e. The molecule has 0 saturated heterocycles. The summed E-state index contributed by atoms with van der Waals surface area (Å²) in [6.07, 6.45) is 5.92. The highest BCUT2D eigenvalue weighted by molar-refractivity contribution is 6.37. The Morgan fingerprint density at radius 1 is 1.08 bits per heavy atom. The van der Waals surface area contributed by atoms with Crippen molar-refractivity contribution in [3.05, 3.63) is 70.6 Å². The van der Waals surface area contributed by atoms with E-state index < -0.39 is 23.4 Å². The number of carbonyl (C=O) groups is 3. The number of ketones is 3. The quantitative estimate of drug-likeness (QED) is 0.683. The summed E-state index contributed by atoms with van der Waals surface area (Å²) in [7, 11) is 0. The highest BCUT2D eigenvalue weighted by atomic mass is 16.5. The Kier molecular flexibility index (Phi) is 2.70. The summed E-state index contributed by atoms with van der Waals surface area (Å²) in [6, 6.07) is 6.69. The number of ether oxygens (including phenoxy) is 1. The fraction of sp³-hybridized carbons (Fsp3) is 0.250. The van der Waals surface area contributed by atoms with Gasteiger partial charge in [-0.25, -0.2) is 0 Å². The second kappa shape index (κ2) is 4.64. The molecule has 5 nitrogen and oxygen atoms in total. The van der Waals surface area contributed by atoms with Gasteiger partial charge >= 0.3 is 0 Å². The molecule has 2 aliphatic carbocycles. The number of hydrogen-bond acceptors (Lipinski definition) is 5. The van der Waals surface area contributed by atoms with Gasteiger partial charge in [-0.1, -0.05) is 24.3 Å². The van der Waals surface area contributed by atoms with Crippen LogP contribution in [-0.2, 0) is 9.53 Å². The summed E-state index contributed by atoms with van der Waals surface area (Å²) < 4.78 is 6.12. The lowest BCUT2D eigenvalue weighted by Gasteiger charge is -2.43. The Morgan fingerprint density at radius 3 is 2.44 bits per heavy atom. The van der Waals surface area contributed by atoms with Crippen molar-refractivity contribution in [3.63, 3.8) is 0 Å². The smallest absolute Gasteiger partial charge is 0.226 e. The van der Waals surface area contributed by atoms with E-state index in [4.69, 9.17) is 4.74 Å². The van der Waals surface area contributed by atoms with Gasteiger partial charge in [0.25, 0.3) is 0 Å². The van der Waals surface area contributed by atoms with Crippen LogP contribution in [0, 0.1) is 0 Å². The third kappa shape index (κ3) is 1.63. The van der Waals surface area contributed by atoms with Gasteiger partial charge in [-0.3, -0.25) is 14.4 Å². The minimum atomic E-state index is -1.82. The van der Waals surface area contributed by atoms with E-state index >= 15 is 0 Å². The summed E-state index contributed by atoms with van der Waals surface area (Å²) in [5, 5.41) is 0. The summed E-state index contributed by atoms with van der Waals surface area (Å²) >= 11 is 0. The van der Waals surface area contributed by atoms with Crippen molar-refractivity contribution in [1.82, 2.24) is 4.90 Å². The zero-order valence-corrected chi connectivity index (χ0v) is 13.6. The number of fused-ring (bicyclic) bond motifs is 4. The standard InChI is InChI=1S/C20H15NO4/c1-11-8-9-21-14-6-7-15(22)17(14)20(25-16(21)10-11)18(23)12-4-2-3-5-13(12)19(20)24/h2-5,8-10,16H,6-7H2,1H3. The number of rotatable bonds is 0. The molecule has 5 heteroatoms. The van der Waals surface area contributed by atoms with E-state index in [1.54, 1.807) is 24.3 Å². The molecule has 124 valence electrons. The molecular weight excluding hydrogens is 318 g/mol. The molecule has 1 spiro atoms. The maximum absolute atomic E-state index is 13.2. The number of carbonyl (C=O) groups excluding carboxylic acids is 3. The predicted octanol–water partition coefficient (Wildman–Crippen LogP) is 2.55. The largest absolute Gasteiger partial charge is 0.326 e. The van der Waals surface area contributed by atoms with Gasteiger partial charge in [0.05, 0.1) is 5.57 Å². The Bertz CT molecular complexity index is 931. The molecule has 25 heavy (non-hydrogen) atoms. The summed E-state index contributed by atoms with van der Waals surface area (Å²) in [5.41, 5.74) is 0.790. The molecule has 1 aromatic rings. The average Bonchev–Trinajstić information content (AvgIpc) is 3.09. The van der Waals surface area contributed by atoms with Crippen molar-refractivity contribution < 1.29 is 19.1 Å². The zero-order valence-electron chi connectivity index (χ0n) is 13.6. The molecule has 0 aromatic heterocycles. The molecule has 0 fully saturated rings. The van der Waals surface area contributed by atoms with Crippen LogP contribution in [-0.4, -0.2) is 34.1 Å². The number of Topliss-reactive ketones (excluding diaryl/α,β-unsaturated/α-hetero) is 3. The van der Waals surface area contributed by atoms with E-state index in [9.17, 15) is 14.4 Å². The van der Waals surface area contributed by atoms with Crippen LogP contribution in [0.5, 0.6) is 0 Å². The molecule has 0 bridgehead atoms. The third-order valence-corrected chi connectivity index (χ3v) is 5.35. The van der Waals surface area contributed by atoms with Crippen LogP contribution < -0.4 is 0 Å². The molecule has 5 rings (SSSR count). The Labute approximate surface area is 144 Å². The van der Waals surface area contributed by atoms with Gasteiger partial charge in [0.15, 0.2) is 12.0 Å². The van der Waals surface area contributed by atoms with Crippen LogP contribution in [0.3, 0.4) is 0 Å². The van der Waals surface area contributed by atoms with Crippen molar-refractivity contribution >= 4 is 17.3 Å². The zero-order chi connectivity index (χ0) is 17.3. The molecular formula is C20H15NO4. The van der Waals surface area contributed by atoms with Crippen molar-refractivity contribution in [1.29, 1.82) is 0 Å². The molecule has 1 aromatic carbocycles. The molecule has 1 atom stereocenters. The minimum Gasteiger partial charge on any atom is -0.326 e. The van der Waals surface area contributed by atoms with E-state index in [0.29, 0.717) is 24.0 Å². The van der Waals surface area contributed by atoms with Crippen LogP contribution in [0.15, 0.2) is 59.5 Å². The average molecular weight is 333 g/mol. The maximum atomic E-state index is 13.2. The van der Waals surface area contributed by atoms with Crippen LogP contribution in [0.25, 0.3) is 0 Å². The van der Waals surface area contributed by atoms with Crippen molar-refractivity contribution in [2.24, 2.45) is 0 Å². The lowest BCUT2D eigenvalue weighted by Crippen LogP contribution is -2.56. The summed E-state index contributed by atoms with van der Waals surface area (Å²) in [5.74, 6) is -1.02. The van der Waals surface area contributed by atoms with Gasteiger partial charge in [-0.05, 0) is 31.1 Å². The molecule has 2 aliphatic heterocycles. The second-order valence-corrected chi connectivity index (χ2v) is 6.77. The SMILES string of the molecule is CC1=CC2OC3(C(=O)c4ccccc4C3=O)C3=C(CCC3=O)N2C=C1. The van der Waals surface area contributed by atoms with Crippen molar-refractivity contribution in [2.45, 2.75) is 31.6 Å². The van der Waals surface area contributed by atoms with E-state index in [2.05, 4.69) is 0 Å². The Hall–Kier alpha value is -2.79. The van der Waals surface area contributed by atoms with Gasteiger partial charge in [-0.15, -0.1) is 0 Å². The molecule has 1 unspecified atom stereocenters. The lowest BCUT2D eigenvalue weighted by atomic mass is 9.84. The van der Waals surface area contributed by atoms with Crippen molar-refractivity contribution in [2.75, 3.05) is 0 Å². The van der Waals surface area contributed by atoms with Gasteiger partial charge in [-0.2, -0.15) is 0 Å². The first kappa shape index (κ1) is 14.5. The molecule has 0 saturated carbocycles. The van der Waals surface area contributed by atoms with Gasteiger partial charge in [0, 0.05) is 29.4 Å². The molecule has 2 heterocycles. The predicted molar refractivity (Wildman–Crippen MR) is 88.7 cm³/mol. The van der Waals surface area contributed by atoms with Crippen LogP contribution in [0.4, 0.5) is 0 Å². The normalized spacial score (nSPS) is 26.1. The summed E-state index contributed by atoms with van der Waals surface area (Å²) in [6.45, 7) is 1.93. The van der Waals surface area contributed by atoms with Crippen LogP contribution in [0.2, 0.25) is 0 Å². The first-order chi connectivity index (χ1) is 12.0. The number of nitrogens with zero attached hydrogens (tertiary/aromatic N) is 1. The Balaban J connectivity index is 1.78. The van der Waals surface area contributed by atoms with E-state index in [1.807, 2.05) is 30.2 Å². The molecule has 0 N–H and O–H groups in total. The van der Waals surface area contributed by atoms with Crippen molar-refractivity contribution in [3.8, 4) is 0 Å². The summed E-state index contributed by atoms with van der Waals surface area (Å²) in [4.78, 5) is 41.0. The Morgan fingerprint density at radius 2 is 1.76 bits per heavy atom.